The van der Waals surface area contributed by atoms with E-state index in [0.717, 1.165) is 17.0 Å². The molecular weight excluding hydrogens is 226 g/mol. The zero-order valence-corrected chi connectivity index (χ0v) is 8.92. The van der Waals surface area contributed by atoms with Crippen LogP contribution in [0.15, 0.2) is 30.6 Å². The lowest BCUT2D eigenvalue weighted by molar-refractivity contribution is -0.380. The van der Waals surface area contributed by atoms with Gasteiger partial charge in [-0.25, -0.2) is 4.98 Å². The van der Waals surface area contributed by atoms with E-state index in [1.165, 1.54) is 6.20 Å². The molecule has 2 rings (SSSR count). The van der Waals surface area contributed by atoms with Crippen molar-refractivity contribution >= 4 is 28.5 Å². The van der Waals surface area contributed by atoms with E-state index in [-0.39, 0.29) is 5.00 Å². The second-order valence-corrected chi connectivity index (χ2v) is 3.92. The van der Waals surface area contributed by atoms with Crippen LogP contribution in [-0.4, -0.2) is 14.9 Å². The predicted octanol–water partition coefficient (Wildman–Crippen LogP) is 2.62. The number of nitrogens with zero attached hydrogens (tertiary/aromatic N) is 3. The van der Waals surface area contributed by atoms with Crippen molar-refractivity contribution in [1.29, 1.82) is 0 Å². The van der Waals surface area contributed by atoms with Gasteiger partial charge < -0.3 is 0 Å². The maximum absolute atomic E-state index is 10.4. The molecule has 0 aliphatic rings. The molecule has 0 aromatic carbocycles. The molecule has 0 aliphatic heterocycles. The first-order chi connectivity index (χ1) is 7.75. The summed E-state index contributed by atoms with van der Waals surface area (Å²) in [6.07, 6.45) is 6.41. The van der Waals surface area contributed by atoms with Gasteiger partial charge in [0, 0.05) is 6.20 Å². The van der Waals surface area contributed by atoms with Crippen LogP contribution in [0.2, 0.25) is 0 Å². The highest BCUT2D eigenvalue weighted by Gasteiger charge is 2.08. The van der Waals surface area contributed by atoms with Gasteiger partial charge in [0.15, 0.2) is 0 Å². The summed E-state index contributed by atoms with van der Waals surface area (Å²) in [6.45, 7) is 0. The Labute approximate surface area is 95.3 Å². The van der Waals surface area contributed by atoms with Gasteiger partial charge in [0.25, 0.3) is 0 Å². The van der Waals surface area contributed by atoms with Gasteiger partial charge in [-0.3, -0.25) is 15.1 Å². The van der Waals surface area contributed by atoms with Crippen LogP contribution in [-0.2, 0) is 0 Å². The first kappa shape index (κ1) is 10.4. The molecule has 2 aromatic heterocycles. The average molecular weight is 233 g/mol. The monoisotopic (exact) mass is 233 g/mol. The molecule has 0 saturated carbocycles. The van der Waals surface area contributed by atoms with Crippen molar-refractivity contribution in [2.75, 3.05) is 0 Å². The van der Waals surface area contributed by atoms with Gasteiger partial charge in [0.2, 0.25) is 0 Å². The summed E-state index contributed by atoms with van der Waals surface area (Å²) in [7, 11) is 0. The lowest BCUT2D eigenvalue weighted by Crippen LogP contribution is -1.80. The molecule has 0 bridgehead atoms. The molecule has 0 atom stereocenters. The average Bonchev–Trinajstić information content (AvgIpc) is 2.76. The van der Waals surface area contributed by atoms with Crippen LogP contribution >= 0.6 is 11.3 Å². The van der Waals surface area contributed by atoms with E-state index < -0.39 is 4.92 Å². The lowest BCUT2D eigenvalue weighted by Gasteiger charge is -1.88. The molecule has 0 amide bonds. The number of hydrogen-bond donors (Lipinski definition) is 0. The van der Waals surface area contributed by atoms with E-state index in [9.17, 15) is 10.1 Å². The van der Waals surface area contributed by atoms with E-state index in [1.807, 2.05) is 18.2 Å². The molecule has 0 aliphatic carbocycles. The summed E-state index contributed by atoms with van der Waals surface area (Å²) in [5, 5.41) is 11.1. The van der Waals surface area contributed by atoms with Crippen molar-refractivity contribution < 1.29 is 4.92 Å². The van der Waals surface area contributed by atoms with Crippen molar-refractivity contribution in [3.05, 3.63) is 51.4 Å². The number of nitro groups is 1. The molecule has 0 spiro atoms. The van der Waals surface area contributed by atoms with Crippen molar-refractivity contribution in [3.8, 4) is 0 Å². The van der Waals surface area contributed by atoms with Crippen LogP contribution in [0.25, 0.3) is 12.2 Å². The topological polar surface area (TPSA) is 68.9 Å². The molecule has 80 valence electrons. The Balaban J connectivity index is 2.15. The first-order valence-electron chi connectivity index (χ1n) is 4.45. The van der Waals surface area contributed by atoms with E-state index in [2.05, 4.69) is 9.97 Å². The molecule has 0 fully saturated rings. The minimum atomic E-state index is -0.449. The summed E-state index contributed by atoms with van der Waals surface area (Å²) >= 11 is 1.04. The Kier molecular flexibility index (Phi) is 3.02. The van der Waals surface area contributed by atoms with E-state index in [4.69, 9.17) is 0 Å². The van der Waals surface area contributed by atoms with Gasteiger partial charge in [-0.05, 0) is 35.6 Å². The minimum absolute atomic E-state index is 0.0423. The van der Waals surface area contributed by atoms with Crippen LogP contribution in [0.1, 0.15) is 10.7 Å². The van der Waals surface area contributed by atoms with Crippen molar-refractivity contribution in [3.63, 3.8) is 0 Å². The molecule has 0 N–H and O–H groups in total. The molecule has 2 aromatic rings. The van der Waals surface area contributed by atoms with Crippen LogP contribution in [0, 0.1) is 10.1 Å². The number of pyridine rings is 1. The van der Waals surface area contributed by atoms with E-state index >= 15 is 0 Å². The third-order valence-corrected chi connectivity index (χ3v) is 2.69. The highest BCUT2D eigenvalue weighted by atomic mass is 32.1. The first-order valence-corrected chi connectivity index (χ1v) is 5.27. The molecular formula is C10H7N3O2S. The molecule has 0 saturated heterocycles. The molecule has 2 heterocycles. The SMILES string of the molecule is O=[N+]([O-])c1cnc(/C=C/c2ccccn2)s1. The highest BCUT2D eigenvalue weighted by molar-refractivity contribution is 7.15. The normalized spacial score (nSPS) is 10.8. The smallest absolute Gasteiger partial charge is 0.257 e. The van der Waals surface area contributed by atoms with Crippen LogP contribution in [0.5, 0.6) is 0 Å². The fourth-order valence-electron chi connectivity index (χ4n) is 1.07. The zero-order valence-electron chi connectivity index (χ0n) is 8.11. The second kappa shape index (κ2) is 4.63. The summed E-state index contributed by atoms with van der Waals surface area (Å²) in [5.41, 5.74) is 0.792. The zero-order chi connectivity index (χ0) is 11.4. The van der Waals surface area contributed by atoms with Gasteiger partial charge >= 0.3 is 5.00 Å². The highest BCUT2D eigenvalue weighted by Crippen LogP contribution is 2.22. The molecule has 6 heteroatoms. The minimum Gasteiger partial charge on any atom is -0.257 e. The molecule has 5 nitrogen and oxygen atoms in total. The maximum atomic E-state index is 10.4. The molecule has 0 unspecified atom stereocenters. The van der Waals surface area contributed by atoms with E-state index in [0.29, 0.717) is 5.01 Å². The standard InChI is InChI=1S/C10H7N3O2S/c14-13(15)10-7-12-9(16-10)5-4-8-3-1-2-6-11-8/h1-7H/b5-4+. The Hall–Kier alpha value is -2.08. The predicted molar refractivity (Wildman–Crippen MR) is 61.9 cm³/mol. The van der Waals surface area contributed by atoms with Gasteiger partial charge in [-0.2, -0.15) is 0 Å². The fraction of sp³-hybridized carbons (Fsp3) is 0. The summed E-state index contributed by atoms with van der Waals surface area (Å²) in [6, 6.07) is 5.54. The van der Waals surface area contributed by atoms with Gasteiger partial charge in [0.1, 0.15) is 11.2 Å². The Morgan fingerprint density at radius 2 is 2.19 bits per heavy atom. The van der Waals surface area contributed by atoms with Gasteiger partial charge in [0.05, 0.1) is 10.6 Å². The van der Waals surface area contributed by atoms with Gasteiger partial charge in [-0.15, -0.1) is 0 Å². The number of aromatic nitrogens is 2. The fourth-order valence-corrected chi connectivity index (χ4v) is 1.71. The second-order valence-electron chi connectivity index (χ2n) is 2.88. The van der Waals surface area contributed by atoms with Crippen LogP contribution in [0.3, 0.4) is 0 Å². The van der Waals surface area contributed by atoms with Crippen LogP contribution in [0.4, 0.5) is 5.00 Å². The summed E-state index contributed by atoms with van der Waals surface area (Å²) < 4.78 is 0. The van der Waals surface area contributed by atoms with Crippen molar-refractivity contribution in [1.82, 2.24) is 9.97 Å². The summed E-state index contributed by atoms with van der Waals surface area (Å²) in [4.78, 5) is 18.0. The Bertz CT molecular complexity index is 522. The van der Waals surface area contributed by atoms with Crippen molar-refractivity contribution in [2.24, 2.45) is 0 Å². The quantitative estimate of drug-likeness (QED) is 0.603. The Morgan fingerprint density at radius 1 is 1.31 bits per heavy atom. The van der Waals surface area contributed by atoms with E-state index in [1.54, 1.807) is 18.3 Å². The Morgan fingerprint density at radius 3 is 2.81 bits per heavy atom. The van der Waals surface area contributed by atoms with Crippen LogP contribution < -0.4 is 0 Å². The third-order valence-electron chi connectivity index (χ3n) is 1.78. The largest absolute Gasteiger partial charge is 0.344 e. The molecule has 16 heavy (non-hydrogen) atoms. The number of thiazole rings is 1. The molecule has 0 radical (unpaired) electrons. The number of rotatable bonds is 3. The van der Waals surface area contributed by atoms with Crippen molar-refractivity contribution in [2.45, 2.75) is 0 Å². The lowest BCUT2D eigenvalue weighted by atomic mass is 10.3. The van der Waals surface area contributed by atoms with Gasteiger partial charge in [-0.1, -0.05) is 6.07 Å². The third kappa shape index (κ3) is 2.48. The number of hydrogen-bond acceptors (Lipinski definition) is 5. The summed E-state index contributed by atoms with van der Waals surface area (Å²) in [5.74, 6) is 0. The maximum Gasteiger partial charge on any atom is 0.344 e.